The van der Waals surface area contributed by atoms with Gasteiger partial charge in [0.2, 0.25) is 0 Å². The van der Waals surface area contributed by atoms with Crippen LogP contribution in [0.15, 0.2) is 12.3 Å². The Morgan fingerprint density at radius 2 is 2.11 bits per heavy atom. The van der Waals surface area contributed by atoms with Crippen molar-refractivity contribution in [2.24, 2.45) is 7.05 Å². The summed E-state index contributed by atoms with van der Waals surface area (Å²) in [5.41, 5.74) is 3.30. The van der Waals surface area contributed by atoms with Crippen LogP contribution >= 0.6 is 11.3 Å². The van der Waals surface area contributed by atoms with Crippen molar-refractivity contribution in [2.75, 3.05) is 0 Å². The zero-order valence-corrected chi connectivity index (χ0v) is 12.8. The van der Waals surface area contributed by atoms with Gasteiger partial charge in [-0.2, -0.15) is 5.10 Å². The molecule has 1 atom stereocenters. The zero-order valence-electron chi connectivity index (χ0n) is 11.9. The van der Waals surface area contributed by atoms with Gasteiger partial charge >= 0.3 is 0 Å². The van der Waals surface area contributed by atoms with Crippen LogP contribution in [0.3, 0.4) is 0 Å². The van der Waals surface area contributed by atoms with E-state index >= 15 is 0 Å². The maximum atomic E-state index is 12.2. The maximum Gasteiger partial charge on any atom is 0.261 e. The molecule has 0 aliphatic carbocycles. The van der Waals surface area contributed by atoms with Crippen molar-refractivity contribution in [3.63, 3.8) is 0 Å². The van der Waals surface area contributed by atoms with Crippen LogP contribution in [0.25, 0.3) is 0 Å². The lowest BCUT2D eigenvalue weighted by molar-refractivity contribution is 0.0944. The summed E-state index contributed by atoms with van der Waals surface area (Å²) in [7, 11) is 1.90. The number of nitrogens with one attached hydrogen (secondary N) is 1. The van der Waals surface area contributed by atoms with Gasteiger partial charge in [-0.1, -0.05) is 0 Å². The number of hydrogen-bond donors (Lipinski definition) is 1. The molecule has 1 N–H and O–H groups in total. The summed E-state index contributed by atoms with van der Waals surface area (Å²) in [5.74, 6) is -0.0167. The summed E-state index contributed by atoms with van der Waals surface area (Å²) < 4.78 is 1.82. The predicted octanol–water partition coefficient (Wildman–Crippen LogP) is 2.90. The highest BCUT2D eigenvalue weighted by Gasteiger charge is 2.17. The summed E-state index contributed by atoms with van der Waals surface area (Å²) >= 11 is 1.54. The smallest absolute Gasteiger partial charge is 0.261 e. The number of amides is 1. The Hall–Kier alpha value is -1.62. The second-order valence-corrected chi connectivity index (χ2v) is 6.11. The number of thiophene rings is 1. The molecule has 1 amide bonds. The lowest BCUT2D eigenvalue weighted by atomic mass is 10.1. The van der Waals surface area contributed by atoms with Crippen molar-refractivity contribution < 1.29 is 4.79 Å². The van der Waals surface area contributed by atoms with Gasteiger partial charge in [-0.3, -0.25) is 9.48 Å². The minimum absolute atomic E-state index is 0.0167. The Labute approximate surface area is 117 Å². The van der Waals surface area contributed by atoms with Crippen LogP contribution in [0.1, 0.15) is 44.3 Å². The summed E-state index contributed by atoms with van der Waals surface area (Å²) in [6.45, 7) is 8.04. The van der Waals surface area contributed by atoms with Crippen LogP contribution in [0.5, 0.6) is 0 Å². The summed E-state index contributed by atoms with van der Waals surface area (Å²) in [6.07, 6.45) is 1.81. The van der Waals surface area contributed by atoms with Crippen molar-refractivity contribution in [1.29, 1.82) is 0 Å². The minimum atomic E-state index is -0.0380. The summed E-state index contributed by atoms with van der Waals surface area (Å²) in [6, 6.07) is 1.90. The van der Waals surface area contributed by atoms with E-state index in [1.54, 1.807) is 0 Å². The van der Waals surface area contributed by atoms with Crippen LogP contribution < -0.4 is 5.32 Å². The first-order chi connectivity index (χ1) is 8.90. The standard InChI is InChI=1S/C14H19N3OS/c1-8-6-13(19-11(8)4)14(18)16-9(2)12-7-15-17(5)10(12)3/h6-7,9H,1-5H3,(H,16,18). The average Bonchev–Trinajstić information content (AvgIpc) is 2.85. The molecule has 19 heavy (non-hydrogen) atoms. The van der Waals surface area contributed by atoms with E-state index in [1.807, 2.05) is 51.7 Å². The van der Waals surface area contributed by atoms with Gasteiger partial charge in [-0.05, 0) is 39.3 Å². The normalized spacial score (nSPS) is 12.5. The molecule has 2 heterocycles. The quantitative estimate of drug-likeness (QED) is 0.937. The molecule has 2 aromatic heterocycles. The Bertz CT molecular complexity index is 593. The van der Waals surface area contributed by atoms with Crippen LogP contribution in [0.2, 0.25) is 0 Å². The molecule has 0 bridgehead atoms. The molecule has 102 valence electrons. The molecule has 5 heteroatoms. The minimum Gasteiger partial charge on any atom is -0.345 e. The van der Waals surface area contributed by atoms with E-state index in [9.17, 15) is 4.79 Å². The van der Waals surface area contributed by atoms with Gasteiger partial charge in [0.15, 0.2) is 0 Å². The van der Waals surface area contributed by atoms with Crippen LogP contribution in [-0.4, -0.2) is 15.7 Å². The van der Waals surface area contributed by atoms with E-state index in [1.165, 1.54) is 21.8 Å². The third-order valence-corrected chi connectivity index (χ3v) is 4.63. The summed E-state index contributed by atoms with van der Waals surface area (Å²) in [5, 5.41) is 7.23. The fourth-order valence-corrected chi connectivity index (χ4v) is 2.91. The van der Waals surface area contributed by atoms with Gasteiger partial charge in [0.25, 0.3) is 5.91 Å². The molecule has 0 saturated heterocycles. The van der Waals surface area contributed by atoms with E-state index in [0.29, 0.717) is 0 Å². The molecule has 0 fully saturated rings. The van der Waals surface area contributed by atoms with E-state index < -0.39 is 0 Å². The van der Waals surface area contributed by atoms with Crippen molar-refractivity contribution in [1.82, 2.24) is 15.1 Å². The first-order valence-electron chi connectivity index (χ1n) is 6.26. The molecule has 0 spiro atoms. The number of carbonyl (C=O) groups excluding carboxylic acids is 1. The molecule has 1 unspecified atom stereocenters. The highest BCUT2D eigenvalue weighted by Crippen LogP contribution is 2.22. The highest BCUT2D eigenvalue weighted by molar-refractivity contribution is 7.14. The van der Waals surface area contributed by atoms with Gasteiger partial charge in [0.1, 0.15) is 0 Å². The molecule has 0 saturated carbocycles. The Morgan fingerprint density at radius 3 is 2.58 bits per heavy atom. The molecule has 0 radical (unpaired) electrons. The Kier molecular flexibility index (Phi) is 3.75. The lowest BCUT2D eigenvalue weighted by Crippen LogP contribution is -2.26. The molecular formula is C14H19N3OS. The van der Waals surface area contributed by atoms with Crippen LogP contribution in [0.4, 0.5) is 0 Å². The largest absolute Gasteiger partial charge is 0.345 e. The SMILES string of the molecule is Cc1cc(C(=O)NC(C)c2cnn(C)c2C)sc1C. The second-order valence-electron chi connectivity index (χ2n) is 4.85. The fraction of sp³-hybridized carbons (Fsp3) is 0.429. The zero-order chi connectivity index (χ0) is 14.2. The number of hydrogen-bond acceptors (Lipinski definition) is 3. The predicted molar refractivity (Wildman–Crippen MR) is 77.6 cm³/mol. The number of nitrogens with zero attached hydrogens (tertiary/aromatic N) is 2. The molecular weight excluding hydrogens is 258 g/mol. The molecule has 4 nitrogen and oxygen atoms in total. The Morgan fingerprint density at radius 1 is 1.42 bits per heavy atom. The fourth-order valence-electron chi connectivity index (χ4n) is 1.97. The van der Waals surface area contributed by atoms with Gasteiger partial charge in [-0.15, -0.1) is 11.3 Å². The van der Waals surface area contributed by atoms with Crippen LogP contribution in [0, 0.1) is 20.8 Å². The summed E-state index contributed by atoms with van der Waals surface area (Å²) in [4.78, 5) is 14.1. The van der Waals surface area contributed by atoms with E-state index in [0.717, 1.165) is 16.1 Å². The van der Waals surface area contributed by atoms with Gasteiger partial charge in [-0.25, -0.2) is 0 Å². The number of aromatic nitrogens is 2. The third-order valence-electron chi connectivity index (χ3n) is 3.48. The number of aryl methyl sites for hydroxylation is 3. The van der Waals surface area contributed by atoms with Crippen molar-refractivity contribution >= 4 is 17.2 Å². The first-order valence-corrected chi connectivity index (χ1v) is 7.08. The van der Waals surface area contributed by atoms with Gasteiger partial charge in [0, 0.05) is 23.2 Å². The first kappa shape index (κ1) is 13.8. The lowest BCUT2D eigenvalue weighted by Gasteiger charge is -2.12. The number of carbonyl (C=O) groups is 1. The highest BCUT2D eigenvalue weighted by atomic mass is 32.1. The van der Waals surface area contributed by atoms with Crippen LogP contribution in [-0.2, 0) is 7.05 Å². The topological polar surface area (TPSA) is 46.9 Å². The molecule has 0 aliphatic rings. The maximum absolute atomic E-state index is 12.2. The van der Waals surface area contributed by atoms with Gasteiger partial charge < -0.3 is 5.32 Å². The molecule has 2 aromatic rings. The Balaban J connectivity index is 2.13. The van der Waals surface area contributed by atoms with Crippen molar-refractivity contribution in [3.8, 4) is 0 Å². The number of rotatable bonds is 3. The molecule has 0 aromatic carbocycles. The second kappa shape index (κ2) is 5.17. The van der Waals surface area contributed by atoms with Gasteiger partial charge in [0.05, 0.1) is 17.1 Å². The van der Waals surface area contributed by atoms with E-state index in [4.69, 9.17) is 0 Å². The molecule has 2 rings (SSSR count). The average molecular weight is 277 g/mol. The van der Waals surface area contributed by atoms with E-state index in [-0.39, 0.29) is 11.9 Å². The van der Waals surface area contributed by atoms with Crippen molar-refractivity contribution in [3.05, 3.63) is 38.8 Å². The third kappa shape index (κ3) is 2.71. The molecule has 0 aliphatic heterocycles. The van der Waals surface area contributed by atoms with Crippen molar-refractivity contribution in [2.45, 2.75) is 33.7 Å². The monoisotopic (exact) mass is 277 g/mol. The van der Waals surface area contributed by atoms with E-state index in [2.05, 4.69) is 10.4 Å².